The van der Waals surface area contributed by atoms with Gasteiger partial charge in [-0.05, 0) is 30.5 Å². The molecule has 0 fully saturated rings. The van der Waals surface area contributed by atoms with Crippen LogP contribution in [0, 0.1) is 0 Å². The Morgan fingerprint density at radius 2 is 1.50 bits per heavy atom. The average molecular weight is 272 g/mol. The number of rotatable bonds is 6. The summed E-state index contributed by atoms with van der Waals surface area (Å²) in [6.45, 7) is 0. The van der Waals surface area contributed by atoms with Crippen LogP contribution in [0.1, 0.15) is 23.7 Å². The fourth-order valence-corrected chi connectivity index (χ4v) is 2.30. The van der Waals surface area contributed by atoms with Crippen molar-refractivity contribution in [2.24, 2.45) is 0 Å². The number of methoxy groups -OCH3 is 2. The molecule has 1 unspecified atom stereocenters. The Morgan fingerprint density at radius 1 is 0.900 bits per heavy atom. The highest BCUT2D eigenvalue weighted by Gasteiger charge is 2.13. The van der Waals surface area contributed by atoms with Crippen LogP contribution in [0.4, 0.5) is 0 Å². The number of benzene rings is 2. The molecule has 3 heteroatoms. The first-order valence-electron chi connectivity index (χ1n) is 6.69. The minimum absolute atomic E-state index is 0.481. The van der Waals surface area contributed by atoms with Crippen LogP contribution < -0.4 is 9.47 Å². The quantitative estimate of drug-likeness (QED) is 0.876. The smallest absolute Gasteiger partial charge is 0.125 e. The topological polar surface area (TPSA) is 38.7 Å². The van der Waals surface area contributed by atoms with Crippen LogP contribution in [-0.4, -0.2) is 19.3 Å². The van der Waals surface area contributed by atoms with E-state index in [4.69, 9.17) is 9.47 Å². The molecule has 0 saturated carbocycles. The average Bonchev–Trinajstić information content (AvgIpc) is 2.52. The molecular formula is C17H20O3. The molecule has 1 N–H and O–H groups in total. The lowest BCUT2D eigenvalue weighted by Gasteiger charge is -2.15. The lowest BCUT2D eigenvalue weighted by atomic mass is 10.0. The third kappa shape index (κ3) is 3.31. The van der Waals surface area contributed by atoms with Crippen LogP contribution in [0.2, 0.25) is 0 Å². The summed E-state index contributed by atoms with van der Waals surface area (Å²) in [4.78, 5) is 0. The highest BCUT2D eigenvalue weighted by atomic mass is 16.5. The van der Waals surface area contributed by atoms with Crippen LogP contribution >= 0.6 is 0 Å². The maximum Gasteiger partial charge on any atom is 0.125 e. The molecule has 0 aliphatic heterocycles. The van der Waals surface area contributed by atoms with Gasteiger partial charge in [0, 0.05) is 5.56 Å². The van der Waals surface area contributed by atoms with Crippen molar-refractivity contribution in [3.63, 3.8) is 0 Å². The molecule has 0 spiro atoms. The van der Waals surface area contributed by atoms with Crippen molar-refractivity contribution >= 4 is 0 Å². The third-order valence-electron chi connectivity index (χ3n) is 3.38. The Bertz CT molecular complexity index is 515. The molecule has 2 aromatic carbocycles. The van der Waals surface area contributed by atoms with Gasteiger partial charge in [-0.15, -0.1) is 0 Å². The summed E-state index contributed by atoms with van der Waals surface area (Å²) < 4.78 is 10.7. The first-order valence-corrected chi connectivity index (χ1v) is 6.69. The molecule has 0 radical (unpaired) electrons. The zero-order valence-electron chi connectivity index (χ0n) is 11.9. The lowest BCUT2D eigenvalue weighted by Crippen LogP contribution is -2.02. The predicted molar refractivity (Wildman–Crippen MR) is 79.3 cm³/mol. The maximum atomic E-state index is 10.2. The Balaban J connectivity index is 2.11. The summed E-state index contributed by atoms with van der Waals surface area (Å²) in [5, 5.41) is 10.2. The third-order valence-corrected chi connectivity index (χ3v) is 3.38. The number of aliphatic hydroxyl groups is 1. The Morgan fingerprint density at radius 3 is 2.05 bits per heavy atom. The van der Waals surface area contributed by atoms with Crippen LogP contribution in [0.15, 0.2) is 48.5 Å². The van der Waals surface area contributed by atoms with Gasteiger partial charge in [0.2, 0.25) is 0 Å². The van der Waals surface area contributed by atoms with E-state index in [2.05, 4.69) is 0 Å². The Labute approximate surface area is 119 Å². The standard InChI is InChI=1S/C17H20O3/c1-19-16-9-6-10-17(20-2)14(16)11-12-15(18)13-7-4-3-5-8-13/h3-10,15,18H,11-12H2,1-2H3. The molecule has 0 aliphatic rings. The van der Waals surface area contributed by atoms with E-state index in [0.29, 0.717) is 12.8 Å². The summed E-state index contributed by atoms with van der Waals surface area (Å²) in [5.74, 6) is 1.59. The SMILES string of the molecule is COc1cccc(OC)c1CCC(O)c1ccccc1. The predicted octanol–water partition coefficient (Wildman–Crippen LogP) is 3.37. The van der Waals surface area contributed by atoms with Crippen molar-refractivity contribution in [1.29, 1.82) is 0 Å². The van der Waals surface area contributed by atoms with Gasteiger partial charge in [0.05, 0.1) is 20.3 Å². The molecule has 3 nitrogen and oxygen atoms in total. The van der Waals surface area contributed by atoms with E-state index in [1.54, 1.807) is 14.2 Å². The van der Waals surface area contributed by atoms with E-state index in [0.717, 1.165) is 22.6 Å². The lowest BCUT2D eigenvalue weighted by molar-refractivity contribution is 0.167. The first-order chi connectivity index (χ1) is 9.76. The molecule has 0 aromatic heterocycles. The molecular weight excluding hydrogens is 252 g/mol. The van der Waals surface area contributed by atoms with E-state index in [-0.39, 0.29) is 0 Å². The summed E-state index contributed by atoms with van der Waals surface area (Å²) >= 11 is 0. The molecule has 1 atom stereocenters. The molecule has 0 aliphatic carbocycles. The number of ether oxygens (including phenoxy) is 2. The monoisotopic (exact) mass is 272 g/mol. The van der Waals surface area contributed by atoms with E-state index in [1.807, 2.05) is 48.5 Å². The van der Waals surface area contributed by atoms with Crippen molar-refractivity contribution in [3.8, 4) is 11.5 Å². The Kier molecular flexibility index (Phi) is 5.02. The second-order valence-corrected chi connectivity index (χ2v) is 4.61. The minimum Gasteiger partial charge on any atom is -0.496 e. The molecule has 0 saturated heterocycles. The van der Waals surface area contributed by atoms with Crippen molar-refractivity contribution in [2.45, 2.75) is 18.9 Å². The van der Waals surface area contributed by atoms with Crippen LogP contribution in [0.3, 0.4) is 0 Å². The summed E-state index contributed by atoms with van der Waals surface area (Å²) in [7, 11) is 3.29. The van der Waals surface area contributed by atoms with Gasteiger partial charge in [-0.3, -0.25) is 0 Å². The van der Waals surface area contributed by atoms with Gasteiger partial charge in [-0.1, -0.05) is 36.4 Å². The highest BCUT2D eigenvalue weighted by molar-refractivity contribution is 5.45. The normalized spacial score (nSPS) is 11.9. The highest BCUT2D eigenvalue weighted by Crippen LogP contribution is 2.31. The van der Waals surface area contributed by atoms with Crippen molar-refractivity contribution in [1.82, 2.24) is 0 Å². The minimum atomic E-state index is -0.481. The van der Waals surface area contributed by atoms with Gasteiger partial charge >= 0.3 is 0 Å². The van der Waals surface area contributed by atoms with E-state index >= 15 is 0 Å². The zero-order valence-corrected chi connectivity index (χ0v) is 11.9. The molecule has 0 heterocycles. The first kappa shape index (κ1) is 14.4. The van der Waals surface area contributed by atoms with Gasteiger partial charge in [-0.25, -0.2) is 0 Å². The van der Waals surface area contributed by atoms with E-state index < -0.39 is 6.10 Å². The summed E-state index contributed by atoms with van der Waals surface area (Å²) in [6.07, 6.45) is 0.843. The molecule has 2 rings (SSSR count). The van der Waals surface area contributed by atoms with Crippen LogP contribution in [-0.2, 0) is 6.42 Å². The van der Waals surface area contributed by atoms with E-state index in [1.165, 1.54) is 0 Å². The van der Waals surface area contributed by atoms with Gasteiger partial charge < -0.3 is 14.6 Å². The zero-order chi connectivity index (χ0) is 14.4. The number of hydrogen-bond acceptors (Lipinski definition) is 3. The van der Waals surface area contributed by atoms with E-state index in [9.17, 15) is 5.11 Å². The fraction of sp³-hybridized carbons (Fsp3) is 0.294. The van der Waals surface area contributed by atoms with Crippen LogP contribution in [0.5, 0.6) is 11.5 Å². The van der Waals surface area contributed by atoms with Gasteiger partial charge in [0.15, 0.2) is 0 Å². The second-order valence-electron chi connectivity index (χ2n) is 4.61. The van der Waals surface area contributed by atoms with Crippen molar-refractivity contribution in [2.75, 3.05) is 14.2 Å². The molecule has 106 valence electrons. The van der Waals surface area contributed by atoms with Crippen molar-refractivity contribution < 1.29 is 14.6 Å². The largest absolute Gasteiger partial charge is 0.496 e. The maximum absolute atomic E-state index is 10.2. The summed E-state index contributed by atoms with van der Waals surface area (Å²) in [6, 6.07) is 15.4. The van der Waals surface area contributed by atoms with Gasteiger partial charge in [0.25, 0.3) is 0 Å². The second kappa shape index (κ2) is 6.96. The summed E-state index contributed by atoms with van der Waals surface area (Å²) in [5.41, 5.74) is 1.92. The molecule has 0 amide bonds. The van der Waals surface area contributed by atoms with Crippen molar-refractivity contribution in [3.05, 3.63) is 59.7 Å². The molecule has 2 aromatic rings. The Hall–Kier alpha value is -2.00. The molecule has 0 bridgehead atoms. The number of hydrogen-bond donors (Lipinski definition) is 1. The van der Waals surface area contributed by atoms with Crippen LogP contribution in [0.25, 0.3) is 0 Å². The number of aliphatic hydroxyl groups excluding tert-OH is 1. The van der Waals surface area contributed by atoms with Gasteiger partial charge in [-0.2, -0.15) is 0 Å². The van der Waals surface area contributed by atoms with Gasteiger partial charge in [0.1, 0.15) is 11.5 Å². The molecule has 20 heavy (non-hydrogen) atoms. The fourth-order valence-electron chi connectivity index (χ4n) is 2.30.